The number of H-pyrrole nitrogens is 2. The van der Waals surface area contributed by atoms with Crippen LogP contribution in [0.2, 0.25) is 0 Å². The number of aromatic amines is 2. The van der Waals surface area contributed by atoms with E-state index in [0.29, 0.717) is 36.4 Å². The molecule has 1 amide bonds. The van der Waals surface area contributed by atoms with Gasteiger partial charge in [-0.1, -0.05) is 24.3 Å². The van der Waals surface area contributed by atoms with Gasteiger partial charge in [-0.25, -0.2) is 4.79 Å². The molecule has 176 valence electrons. The van der Waals surface area contributed by atoms with Crippen LogP contribution in [-0.2, 0) is 4.79 Å². The Morgan fingerprint density at radius 3 is 2.91 bits per heavy atom. The van der Waals surface area contributed by atoms with Crippen LogP contribution in [0, 0.1) is 0 Å². The van der Waals surface area contributed by atoms with E-state index < -0.39 is 11.7 Å². The summed E-state index contributed by atoms with van der Waals surface area (Å²) >= 11 is 0. The van der Waals surface area contributed by atoms with Crippen molar-refractivity contribution >= 4 is 17.0 Å². The van der Waals surface area contributed by atoms with Crippen LogP contribution in [0.1, 0.15) is 29.4 Å². The number of amides is 1. The number of hydrogen-bond acceptors (Lipinski definition) is 8. The van der Waals surface area contributed by atoms with Crippen molar-refractivity contribution in [1.82, 2.24) is 35.8 Å². The molecule has 0 spiro atoms. The number of hydrogen-bond donors (Lipinski definition) is 4. The number of aromatic nitrogens is 5. The third-order valence-electron chi connectivity index (χ3n) is 6.35. The lowest BCUT2D eigenvalue weighted by atomic mass is 9.79. The van der Waals surface area contributed by atoms with E-state index in [1.165, 1.54) is 0 Å². The van der Waals surface area contributed by atoms with Crippen LogP contribution in [0.5, 0.6) is 0 Å². The maximum absolute atomic E-state index is 13.3. The third kappa shape index (κ3) is 4.35. The Morgan fingerprint density at radius 2 is 2.18 bits per heavy atom. The first-order valence-corrected chi connectivity index (χ1v) is 11.1. The van der Waals surface area contributed by atoms with Crippen LogP contribution in [-0.4, -0.2) is 74.3 Å². The number of aliphatic hydroxyl groups excluding tert-OH is 1. The van der Waals surface area contributed by atoms with Crippen molar-refractivity contribution in [2.45, 2.75) is 24.4 Å². The largest absolute Gasteiger partial charge is 0.417 e. The second-order valence-electron chi connectivity index (χ2n) is 8.53. The lowest BCUT2D eigenvalue weighted by molar-refractivity contribution is -0.122. The molecule has 1 saturated heterocycles. The summed E-state index contributed by atoms with van der Waals surface area (Å²) in [5, 5.41) is 27.2. The Balaban J connectivity index is 1.60. The molecule has 5 rings (SSSR count). The number of benzene rings is 2. The first kappa shape index (κ1) is 22.0. The number of fused-ring (bicyclic) bond motifs is 1. The van der Waals surface area contributed by atoms with Gasteiger partial charge in [-0.05, 0) is 41.0 Å². The van der Waals surface area contributed by atoms with E-state index in [1.807, 2.05) is 30.3 Å². The molecule has 34 heavy (non-hydrogen) atoms. The van der Waals surface area contributed by atoms with E-state index in [-0.39, 0.29) is 17.9 Å². The predicted molar refractivity (Wildman–Crippen MR) is 123 cm³/mol. The van der Waals surface area contributed by atoms with Crippen molar-refractivity contribution in [2.24, 2.45) is 0 Å². The number of likely N-dealkylation sites (tertiary alicyclic amines) is 1. The van der Waals surface area contributed by atoms with Crippen molar-refractivity contribution in [2.75, 3.05) is 26.7 Å². The molecule has 4 N–H and O–H groups in total. The standard InChI is InChI=1S/C23H25N7O4/c1-24-22(32)20(14-5-6-19-18(10-14)25-23(33)34-19)17(12-30-8-7-16(31)11-30)13-3-2-4-15(9-13)21-26-28-29-27-21/h2-6,9-10,16-17,20,31H,7-8,11-12H2,1H3,(H,24,32)(H,25,33)(H,26,27,28,29)/t16-,17+,20?/m0/s1. The minimum Gasteiger partial charge on any atom is -0.408 e. The number of rotatable bonds is 7. The highest BCUT2D eigenvalue weighted by atomic mass is 16.4. The van der Waals surface area contributed by atoms with Crippen molar-refractivity contribution < 1.29 is 14.3 Å². The summed E-state index contributed by atoms with van der Waals surface area (Å²) in [5.41, 5.74) is 3.43. The van der Waals surface area contributed by atoms with Gasteiger partial charge in [0.25, 0.3) is 0 Å². The molecule has 1 unspecified atom stereocenters. The molecular formula is C23H25N7O4. The zero-order valence-electron chi connectivity index (χ0n) is 18.6. The number of nitrogens with one attached hydrogen (secondary N) is 3. The van der Waals surface area contributed by atoms with Gasteiger partial charge in [-0.2, -0.15) is 5.21 Å². The molecule has 1 aliphatic rings. The van der Waals surface area contributed by atoms with Gasteiger partial charge in [-0.15, -0.1) is 10.2 Å². The Hall–Kier alpha value is -3.83. The molecule has 2 aromatic heterocycles. The van der Waals surface area contributed by atoms with Gasteiger partial charge in [0.1, 0.15) is 0 Å². The molecule has 11 nitrogen and oxygen atoms in total. The highest BCUT2D eigenvalue weighted by molar-refractivity contribution is 5.86. The van der Waals surface area contributed by atoms with Gasteiger partial charge in [0.05, 0.1) is 17.5 Å². The maximum Gasteiger partial charge on any atom is 0.417 e. The van der Waals surface area contributed by atoms with Crippen molar-refractivity contribution in [3.05, 3.63) is 64.1 Å². The molecule has 0 aliphatic carbocycles. The van der Waals surface area contributed by atoms with Crippen molar-refractivity contribution in [1.29, 1.82) is 0 Å². The smallest absolute Gasteiger partial charge is 0.408 e. The average Bonchev–Trinajstić information content (AvgIpc) is 3.59. The summed E-state index contributed by atoms with van der Waals surface area (Å²) < 4.78 is 5.14. The van der Waals surface area contributed by atoms with Crippen LogP contribution in [0.3, 0.4) is 0 Å². The zero-order valence-corrected chi connectivity index (χ0v) is 18.6. The second-order valence-corrected chi connectivity index (χ2v) is 8.53. The van der Waals surface area contributed by atoms with Gasteiger partial charge in [0, 0.05) is 38.2 Å². The number of carbonyl (C=O) groups excluding carboxylic acids is 1. The number of nitrogens with zero attached hydrogens (tertiary/aromatic N) is 4. The lowest BCUT2D eigenvalue weighted by Crippen LogP contribution is -2.36. The molecule has 11 heteroatoms. The SMILES string of the molecule is CNC(=O)C(c1ccc2oc(=O)[nH]c2c1)[C@H](CN1CC[C@H](O)C1)c1cccc(-c2nn[nH]n2)c1. The number of oxazole rings is 1. The summed E-state index contributed by atoms with van der Waals surface area (Å²) in [7, 11) is 1.61. The fourth-order valence-electron chi connectivity index (χ4n) is 4.74. The van der Waals surface area contributed by atoms with Gasteiger partial charge < -0.3 is 19.7 Å². The Labute approximate surface area is 194 Å². The van der Waals surface area contributed by atoms with Crippen LogP contribution < -0.4 is 11.1 Å². The number of likely N-dealkylation sites (N-methyl/N-ethyl adjacent to an activating group) is 1. The van der Waals surface area contributed by atoms with E-state index in [1.54, 1.807) is 19.2 Å². The topological polar surface area (TPSA) is 153 Å². The number of β-amino-alcohol motifs (C(OH)–C–C–N with tert-alkyl or cyclic N) is 1. The van der Waals surface area contributed by atoms with Crippen LogP contribution in [0.4, 0.5) is 0 Å². The molecular weight excluding hydrogens is 438 g/mol. The van der Waals surface area contributed by atoms with Crippen LogP contribution in [0.15, 0.2) is 51.7 Å². The summed E-state index contributed by atoms with van der Waals surface area (Å²) in [6, 6.07) is 13.0. The Morgan fingerprint density at radius 1 is 1.29 bits per heavy atom. The molecule has 1 fully saturated rings. The first-order valence-electron chi connectivity index (χ1n) is 11.1. The number of tetrazole rings is 1. The zero-order chi connectivity index (χ0) is 23.7. The molecule has 0 bridgehead atoms. The lowest BCUT2D eigenvalue weighted by Gasteiger charge is -2.31. The second kappa shape index (κ2) is 9.20. The third-order valence-corrected chi connectivity index (χ3v) is 6.35. The van der Waals surface area contributed by atoms with Gasteiger partial charge in [0.2, 0.25) is 11.7 Å². The van der Waals surface area contributed by atoms with E-state index in [0.717, 1.165) is 23.2 Å². The van der Waals surface area contributed by atoms with Crippen molar-refractivity contribution in [3.63, 3.8) is 0 Å². The highest BCUT2D eigenvalue weighted by Gasteiger charge is 2.34. The summed E-state index contributed by atoms with van der Waals surface area (Å²) in [4.78, 5) is 29.8. The normalized spacial score (nSPS) is 18.2. The molecule has 3 heterocycles. The average molecular weight is 463 g/mol. The molecule has 4 aromatic rings. The van der Waals surface area contributed by atoms with Crippen LogP contribution >= 0.6 is 0 Å². The minimum absolute atomic E-state index is 0.153. The molecule has 0 radical (unpaired) electrons. The summed E-state index contributed by atoms with van der Waals surface area (Å²) in [6.45, 7) is 1.86. The molecule has 3 atom stereocenters. The molecule has 2 aromatic carbocycles. The summed E-state index contributed by atoms with van der Waals surface area (Å²) in [5.74, 6) is -1.05. The molecule has 1 aliphatic heterocycles. The van der Waals surface area contributed by atoms with E-state index in [2.05, 4.69) is 35.8 Å². The predicted octanol–water partition coefficient (Wildman–Crippen LogP) is 0.981. The fourth-order valence-corrected chi connectivity index (χ4v) is 4.74. The van der Waals surface area contributed by atoms with Crippen LogP contribution in [0.25, 0.3) is 22.5 Å². The number of aliphatic hydroxyl groups is 1. The monoisotopic (exact) mass is 463 g/mol. The summed E-state index contributed by atoms with van der Waals surface area (Å²) in [6.07, 6.45) is 0.319. The van der Waals surface area contributed by atoms with Crippen molar-refractivity contribution in [3.8, 4) is 11.4 Å². The fraction of sp³-hybridized carbons (Fsp3) is 0.348. The van der Waals surface area contributed by atoms with Gasteiger partial charge in [0.15, 0.2) is 5.58 Å². The highest BCUT2D eigenvalue weighted by Crippen LogP contribution is 2.37. The van der Waals surface area contributed by atoms with E-state index >= 15 is 0 Å². The van der Waals surface area contributed by atoms with Gasteiger partial charge in [-0.3, -0.25) is 9.78 Å². The Bertz CT molecular complexity index is 1350. The molecule has 0 saturated carbocycles. The van der Waals surface area contributed by atoms with E-state index in [9.17, 15) is 14.7 Å². The first-order chi connectivity index (χ1) is 16.5. The van der Waals surface area contributed by atoms with E-state index in [4.69, 9.17) is 4.42 Å². The minimum atomic E-state index is -0.564. The maximum atomic E-state index is 13.3. The Kier molecular flexibility index (Phi) is 5.95. The quantitative estimate of drug-likeness (QED) is 0.316. The number of carbonyl (C=O) groups is 1. The van der Waals surface area contributed by atoms with Gasteiger partial charge >= 0.3 is 5.76 Å².